The maximum Gasteiger partial charge on any atom is 0.326 e. The summed E-state index contributed by atoms with van der Waals surface area (Å²) in [6.45, 7) is 0. The van der Waals surface area contributed by atoms with E-state index in [9.17, 15) is 24.0 Å². The quantitative estimate of drug-likeness (QED) is 0.222. The van der Waals surface area contributed by atoms with Crippen LogP contribution in [0.5, 0.6) is 0 Å². The average Bonchev–Trinajstić information content (AvgIpc) is 2.48. The Morgan fingerprint density at radius 2 is 1.44 bits per heavy atom. The van der Waals surface area contributed by atoms with Gasteiger partial charge in [-0.3, -0.25) is 19.2 Å². The van der Waals surface area contributed by atoms with Crippen molar-refractivity contribution in [1.29, 1.82) is 0 Å². The first kappa shape index (κ1) is 22.7. The van der Waals surface area contributed by atoms with Crippen molar-refractivity contribution in [3.05, 3.63) is 0 Å². The predicted octanol–water partition coefficient (Wildman–Crippen LogP) is -1.93. The summed E-state index contributed by atoms with van der Waals surface area (Å²) in [5.41, 5.74) is 5.34. The van der Waals surface area contributed by atoms with E-state index in [2.05, 4.69) is 5.32 Å². The highest BCUT2D eigenvalue weighted by Crippen LogP contribution is 2.03. The van der Waals surface area contributed by atoms with Crippen molar-refractivity contribution in [2.45, 2.75) is 37.4 Å². The van der Waals surface area contributed by atoms with E-state index >= 15 is 0 Å². The highest BCUT2D eigenvalue weighted by atomic mass is 32.2. The molecule has 12 heteroatoms. The second-order valence-corrected chi connectivity index (χ2v) is 6.03. The van der Waals surface area contributed by atoms with E-state index in [0.29, 0.717) is 5.75 Å². The summed E-state index contributed by atoms with van der Waals surface area (Å²) in [6.07, 6.45) is 0.331. The van der Waals surface area contributed by atoms with E-state index < -0.39 is 60.7 Å². The van der Waals surface area contributed by atoms with Gasteiger partial charge in [0.05, 0.1) is 18.9 Å². The van der Waals surface area contributed by atoms with Gasteiger partial charge in [0.15, 0.2) is 0 Å². The second-order valence-electron chi connectivity index (χ2n) is 5.04. The molecular weight excluding hydrogens is 358 g/mol. The molecule has 11 nitrogen and oxygen atoms in total. The smallest absolute Gasteiger partial charge is 0.326 e. The van der Waals surface area contributed by atoms with E-state index in [1.165, 1.54) is 11.8 Å². The molecule has 142 valence electrons. The maximum absolute atomic E-state index is 12.1. The number of rotatable bonds is 12. The van der Waals surface area contributed by atoms with Crippen LogP contribution in [0.15, 0.2) is 0 Å². The van der Waals surface area contributed by atoms with Gasteiger partial charge in [-0.25, -0.2) is 4.79 Å². The van der Waals surface area contributed by atoms with Gasteiger partial charge in [-0.05, 0) is 18.4 Å². The van der Waals surface area contributed by atoms with E-state index in [4.69, 9.17) is 21.1 Å². The van der Waals surface area contributed by atoms with Crippen molar-refractivity contribution in [1.82, 2.24) is 10.6 Å². The van der Waals surface area contributed by atoms with Crippen LogP contribution in [0.25, 0.3) is 0 Å². The number of carbonyl (C=O) groups excluding carboxylic acids is 2. The monoisotopic (exact) mass is 379 g/mol. The van der Waals surface area contributed by atoms with Crippen molar-refractivity contribution < 1.29 is 39.3 Å². The molecule has 0 aromatic heterocycles. The number of aliphatic carboxylic acids is 3. The fourth-order valence-corrected chi connectivity index (χ4v) is 2.18. The Labute approximate surface area is 147 Å². The summed E-state index contributed by atoms with van der Waals surface area (Å²) < 4.78 is 0. The summed E-state index contributed by atoms with van der Waals surface area (Å²) in [5, 5.41) is 30.7. The van der Waals surface area contributed by atoms with Crippen LogP contribution in [0.1, 0.15) is 19.3 Å². The van der Waals surface area contributed by atoms with E-state index in [1.54, 1.807) is 6.26 Å². The maximum atomic E-state index is 12.1. The Kier molecular flexibility index (Phi) is 10.2. The number of hydrogen-bond acceptors (Lipinski definition) is 7. The molecule has 0 radical (unpaired) electrons. The summed E-state index contributed by atoms with van der Waals surface area (Å²) in [5.74, 6) is -5.65. The molecular formula is C13H21N3O8S. The lowest BCUT2D eigenvalue weighted by atomic mass is 10.1. The summed E-state index contributed by atoms with van der Waals surface area (Å²) in [6, 6.07) is -4.31. The number of nitrogens with two attached hydrogens (primary N) is 1. The zero-order valence-electron chi connectivity index (χ0n) is 13.4. The van der Waals surface area contributed by atoms with E-state index in [0.717, 1.165) is 0 Å². The van der Waals surface area contributed by atoms with Crippen LogP contribution >= 0.6 is 11.8 Å². The number of nitrogens with one attached hydrogen (secondary N) is 2. The lowest BCUT2D eigenvalue weighted by molar-refractivity contribution is -0.144. The van der Waals surface area contributed by atoms with Gasteiger partial charge < -0.3 is 31.7 Å². The largest absolute Gasteiger partial charge is 0.481 e. The molecule has 0 heterocycles. The Hall–Kier alpha value is -2.34. The van der Waals surface area contributed by atoms with Crippen LogP contribution in [0, 0.1) is 0 Å². The third-order valence-electron chi connectivity index (χ3n) is 2.97. The molecule has 2 amide bonds. The molecule has 25 heavy (non-hydrogen) atoms. The van der Waals surface area contributed by atoms with E-state index in [-0.39, 0.29) is 6.42 Å². The van der Waals surface area contributed by atoms with Gasteiger partial charge in [0, 0.05) is 0 Å². The molecule has 3 atom stereocenters. The second kappa shape index (κ2) is 11.3. The molecule has 0 aliphatic heterocycles. The van der Waals surface area contributed by atoms with Gasteiger partial charge in [0.2, 0.25) is 11.8 Å². The number of amides is 2. The first-order valence-corrected chi connectivity index (χ1v) is 8.49. The molecule has 0 fully saturated rings. The van der Waals surface area contributed by atoms with Crippen molar-refractivity contribution >= 4 is 41.5 Å². The lowest BCUT2D eigenvalue weighted by Crippen LogP contribution is -2.55. The van der Waals surface area contributed by atoms with Gasteiger partial charge in [-0.1, -0.05) is 0 Å². The summed E-state index contributed by atoms with van der Waals surface area (Å²) >= 11 is 1.36. The predicted molar refractivity (Wildman–Crippen MR) is 87.0 cm³/mol. The van der Waals surface area contributed by atoms with Crippen LogP contribution < -0.4 is 16.4 Å². The SMILES string of the molecule is CSCC[C@H](NC(=O)[C@H](CC(=O)O)NC(=O)[C@@H](N)CC(=O)O)C(=O)O. The molecule has 0 rings (SSSR count). The summed E-state index contributed by atoms with van der Waals surface area (Å²) in [7, 11) is 0. The standard InChI is InChI=1S/C13H21N3O8S/c1-25-3-2-7(13(23)24)15-12(22)8(5-10(19)20)16-11(21)6(14)4-9(17)18/h6-8H,2-5,14H2,1H3,(H,15,22)(H,16,21)(H,17,18)(H,19,20)(H,23,24)/t6-,7-,8-/m0/s1. The molecule has 0 bridgehead atoms. The molecule has 0 unspecified atom stereocenters. The van der Waals surface area contributed by atoms with Gasteiger partial charge in [-0.15, -0.1) is 0 Å². The van der Waals surface area contributed by atoms with Gasteiger partial charge in [-0.2, -0.15) is 11.8 Å². The Morgan fingerprint density at radius 3 is 1.88 bits per heavy atom. The molecule has 0 aliphatic carbocycles. The summed E-state index contributed by atoms with van der Waals surface area (Å²) in [4.78, 5) is 56.4. The normalized spacial score (nSPS) is 14.0. The minimum absolute atomic E-state index is 0.106. The Morgan fingerprint density at radius 1 is 0.920 bits per heavy atom. The lowest BCUT2D eigenvalue weighted by Gasteiger charge is -2.21. The molecule has 7 N–H and O–H groups in total. The first-order chi connectivity index (χ1) is 11.6. The van der Waals surface area contributed by atoms with Crippen LogP contribution in [0.3, 0.4) is 0 Å². The van der Waals surface area contributed by atoms with Crippen LogP contribution in [0.4, 0.5) is 0 Å². The molecule has 0 saturated carbocycles. The van der Waals surface area contributed by atoms with Crippen molar-refractivity contribution in [3.63, 3.8) is 0 Å². The first-order valence-electron chi connectivity index (χ1n) is 7.10. The average molecular weight is 379 g/mol. The van der Waals surface area contributed by atoms with Crippen LogP contribution in [0.2, 0.25) is 0 Å². The number of hydrogen-bond donors (Lipinski definition) is 6. The highest BCUT2D eigenvalue weighted by molar-refractivity contribution is 7.98. The fraction of sp³-hybridized carbons (Fsp3) is 0.615. The Balaban J connectivity index is 5.01. The highest BCUT2D eigenvalue weighted by Gasteiger charge is 2.29. The zero-order valence-corrected chi connectivity index (χ0v) is 14.2. The molecule has 0 aromatic rings. The zero-order chi connectivity index (χ0) is 19.6. The number of carboxylic acids is 3. The third kappa shape index (κ3) is 9.52. The van der Waals surface area contributed by atoms with E-state index in [1.807, 2.05) is 5.32 Å². The number of carboxylic acid groups (broad SMARTS) is 3. The van der Waals surface area contributed by atoms with Crippen LogP contribution in [-0.4, -0.2) is 75.2 Å². The third-order valence-corrected chi connectivity index (χ3v) is 3.61. The van der Waals surface area contributed by atoms with Gasteiger partial charge in [0.1, 0.15) is 12.1 Å². The minimum Gasteiger partial charge on any atom is -0.481 e. The van der Waals surface area contributed by atoms with Crippen molar-refractivity contribution in [3.8, 4) is 0 Å². The topological polar surface area (TPSA) is 196 Å². The molecule has 0 aromatic carbocycles. The number of carbonyl (C=O) groups is 5. The minimum atomic E-state index is -1.58. The number of thioether (sulfide) groups is 1. The molecule has 0 saturated heterocycles. The van der Waals surface area contributed by atoms with Gasteiger partial charge >= 0.3 is 17.9 Å². The fourth-order valence-electron chi connectivity index (χ4n) is 1.71. The Bertz CT molecular complexity index is 527. The van der Waals surface area contributed by atoms with Crippen molar-refractivity contribution in [2.24, 2.45) is 5.73 Å². The van der Waals surface area contributed by atoms with Gasteiger partial charge in [0.25, 0.3) is 0 Å². The molecule has 0 spiro atoms. The van der Waals surface area contributed by atoms with Crippen molar-refractivity contribution in [2.75, 3.05) is 12.0 Å². The van der Waals surface area contributed by atoms with Crippen LogP contribution in [-0.2, 0) is 24.0 Å². The molecule has 0 aliphatic rings.